The van der Waals surface area contributed by atoms with Gasteiger partial charge >= 0.3 is 0 Å². The van der Waals surface area contributed by atoms with Gasteiger partial charge in [0.25, 0.3) is 0 Å². The molecule has 1 aromatic carbocycles. The van der Waals surface area contributed by atoms with Gasteiger partial charge in [0, 0.05) is 19.2 Å². The summed E-state index contributed by atoms with van der Waals surface area (Å²) >= 11 is 0. The topological polar surface area (TPSA) is 83.7 Å². The Balaban J connectivity index is 1.55. The number of aromatic nitrogens is 1. The van der Waals surface area contributed by atoms with Crippen LogP contribution in [0.1, 0.15) is 37.3 Å². The highest BCUT2D eigenvalue weighted by molar-refractivity contribution is 6.04. The summed E-state index contributed by atoms with van der Waals surface area (Å²) in [7, 11) is 0. The number of carbonyl (C=O) groups is 1. The van der Waals surface area contributed by atoms with Crippen molar-refractivity contribution in [2.45, 2.75) is 39.3 Å². The summed E-state index contributed by atoms with van der Waals surface area (Å²) < 4.78 is 5.76. The van der Waals surface area contributed by atoms with Gasteiger partial charge in [-0.1, -0.05) is 37.6 Å². The lowest BCUT2D eigenvalue weighted by Gasteiger charge is -2.32. The van der Waals surface area contributed by atoms with Gasteiger partial charge in [0.1, 0.15) is 5.69 Å². The van der Waals surface area contributed by atoms with E-state index in [0.717, 1.165) is 25.1 Å². The molecule has 1 fully saturated rings. The zero-order chi connectivity index (χ0) is 20.2. The van der Waals surface area contributed by atoms with Crippen LogP contribution < -0.4 is 20.7 Å². The van der Waals surface area contributed by atoms with E-state index >= 15 is 0 Å². The average Bonchev–Trinajstić information content (AvgIpc) is 2.66. The van der Waals surface area contributed by atoms with Crippen molar-refractivity contribution in [3.8, 4) is 5.88 Å². The van der Waals surface area contributed by atoms with Crippen molar-refractivity contribution in [3.63, 3.8) is 0 Å². The molecule has 3 heterocycles. The van der Waals surface area contributed by atoms with Crippen LogP contribution in [0, 0.1) is 0 Å². The maximum atomic E-state index is 12.3. The molecule has 0 aliphatic carbocycles. The fraction of sp³-hybridized carbons (Fsp3) is 0.455. The van der Waals surface area contributed by atoms with Gasteiger partial charge in [-0.3, -0.25) is 9.69 Å². The van der Waals surface area contributed by atoms with Gasteiger partial charge in [-0.15, -0.1) is 0 Å². The molecule has 0 radical (unpaired) electrons. The molecule has 7 heteroatoms. The number of likely N-dealkylation sites (tertiary alicyclic amines) is 1. The van der Waals surface area contributed by atoms with E-state index in [9.17, 15) is 4.79 Å². The molecule has 2 aromatic rings. The normalized spacial score (nSPS) is 16.2. The van der Waals surface area contributed by atoms with Crippen LogP contribution in [0.5, 0.6) is 5.88 Å². The molecule has 29 heavy (non-hydrogen) atoms. The molecule has 1 saturated heterocycles. The van der Waals surface area contributed by atoms with Crippen molar-refractivity contribution in [2.75, 3.05) is 42.2 Å². The molecule has 0 spiro atoms. The van der Waals surface area contributed by atoms with E-state index in [1.54, 1.807) is 0 Å². The van der Waals surface area contributed by atoms with E-state index in [2.05, 4.69) is 46.4 Å². The number of pyridine rings is 1. The van der Waals surface area contributed by atoms with Gasteiger partial charge in [0.15, 0.2) is 5.82 Å². The van der Waals surface area contributed by atoms with Crippen molar-refractivity contribution < 1.29 is 9.53 Å². The molecule has 3 N–H and O–H groups in total. The zero-order valence-corrected chi connectivity index (χ0v) is 17.0. The molecule has 2 aliphatic rings. The third-order valence-corrected chi connectivity index (χ3v) is 5.41. The standard InChI is InChI=1S/C22H29N5O2/c1-2-3-10-29-20-12-18-21(22(23)25-20)24-19(28)15-27(18)14-17-7-4-6-16(11-17)13-26-8-5-9-26/h4,6-7,11-12H,2-3,5,8-10,13-15H2,1H3,(H2,23,25)(H,24,28). The molecule has 0 atom stereocenters. The van der Waals surface area contributed by atoms with Crippen molar-refractivity contribution in [1.82, 2.24) is 9.88 Å². The van der Waals surface area contributed by atoms with Crippen LogP contribution in [0.15, 0.2) is 30.3 Å². The Morgan fingerprint density at radius 3 is 2.72 bits per heavy atom. The Kier molecular flexibility index (Phi) is 5.85. The van der Waals surface area contributed by atoms with Gasteiger partial charge in [0.2, 0.25) is 11.8 Å². The third kappa shape index (κ3) is 4.62. The second-order valence-corrected chi connectivity index (χ2v) is 7.80. The van der Waals surface area contributed by atoms with Crippen LogP contribution in [0.4, 0.5) is 17.2 Å². The number of hydrogen-bond acceptors (Lipinski definition) is 6. The van der Waals surface area contributed by atoms with Crippen molar-refractivity contribution in [1.29, 1.82) is 0 Å². The number of fused-ring (bicyclic) bond motifs is 1. The smallest absolute Gasteiger partial charge is 0.244 e. The summed E-state index contributed by atoms with van der Waals surface area (Å²) in [5, 5.41) is 2.86. The molecule has 1 amide bonds. The molecule has 4 rings (SSSR count). The van der Waals surface area contributed by atoms with Gasteiger partial charge in [-0.2, -0.15) is 4.98 Å². The highest BCUT2D eigenvalue weighted by Crippen LogP contribution is 2.37. The summed E-state index contributed by atoms with van der Waals surface area (Å²) in [5.41, 5.74) is 10.0. The van der Waals surface area contributed by atoms with E-state index in [-0.39, 0.29) is 12.5 Å². The van der Waals surface area contributed by atoms with Gasteiger partial charge in [-0.25, -0.2) is 0 Å². The number of benzene rings is 1. The predicted molar refractivity (Wildman–Crippen MR) is 115 cm³/mol. The number of nitrogen functional groups attached to an aromatic ring is 1. The molecular weight excluding hydrogens is 366 g/mol. The van der Waals surface area contributed by atoms with Crippen molar-refractivity contribution >= 4 is 23.1 Å². The second kappa shape index (κ2) is 8.69. The first-order valence-corrected chi connectivity index (χ1v) is 10.4. The SMILES string of the molecule is CCCCOc1cc2c(c(N)n1)NC(=O)CN2Cc1cccc(CN2CCC2)c1. The summed E-state index contributed by atoms with van der Waals surface area (Å²) in [6.45, 7) is 6.97. The van der Waals surface area contributed by atoms with Crippen LogP contribution in [-0.2, 0) is 17.9 Å². The number of unbranched alkanes of at least 4 members (excludes halogenated alkanes) is 1. The average molecular weight is 396 g/mol. The number of anilines is 3. The number of rotatable bonds is 8. The highest BCUT2D eigenvalue weighted by Gasteiger charge is 2.26. The van der Waals surface area contributed by atoms with E-state index < -0.39 is 0 Å². The lowest BCUT2D eigenvalue weighted by atomic mass is 10.1. The Bertz CT molecular complexity index is 882. The quantitative estimate of drug-likeness (QED) is 0.669. The number of hydrogen-bond donors (Lipinski definition) is 2. The fourth-order valence-electron chi connectivity index (χ4n) is 3.72. The summed E-state index contributed by atoms with van der Waals surface area (Å²) in [6, 6.07) is 10.5. The largest absolute Gasteiger partial charge is 0.478 e. The number of nitrogens with two attached hydrogens (primary N) is 1. The maximum Gasteiger partial charge on any atom is 0.244 e. The highest BCUT2D eigenvalue weighted by atomic mass is 16.5. The van der Waals surface area contributed by atoms with Crippen LogP contribution in [0.25, 0.3) is 0 Å². The Hall–Kier alpha value is -2.80. The van der Waals surface area contributed by atoms with Crippen LogP contribution in [-0.4, -0.2) is 42.0 Å². The molecule has 154 valence electrons. The molecule has 2 aliphatic heterocycles. The molecular formula is C22H29N5O2. The van der Waals surface area contributed by atoms with Crippen LogP contribution >= 0.6 is 0 Å². The van der Waals surface area contributed by atoms with Crippen LogP contribution in [0.2, 0.25) is 0 Å². The first kappa shape index (κ1) is 19.5. The fourth-order valence-corrected chi connectivity index (χ4v) is 3.72. The number of nitrogens with one attached hydrogen (secondary N) is 1. The minimum absolute atomic E-state index is 0.0811. The van der Waals surface area contributed by atoms with Gasteiger partial charge in [0.05, 0.1) is 18.8 Å². The van der Waals surface area contributed by atoms with Gasteiger partial charge < -0.3 is 20.7 Å². The Morgan fingerprint density at radius 1 is 1.21 bits per heavy atom. The number of carbonyl (C=O) groups excluding carboxylic acids is 1. The number of amides is 1. The van der Waals surface area contributed by atoms with E-state index in [1.165, 1.54) is 30.6 Å². The second-order valence-electron chi connectivity index (χ2n) is 7.80. The molecule has 0 saturated carbocycles. The first-order valence-electron chi connectivity index (χ1n) is 10.4. The van der Waals surface area contributed by atoms with E-state index in [0.29, 0.717) is 30.5 Å². The van der Waals surface area contributed by atoms with E-state index in [1.807, 2.05) is 11.0 Å². The lowest BCUT2D eigenvalue weighted by molar-refractivity contribution is -0.115. The molecule has 1 aromatic heterocycles. The third-order valence-electron chi connectivity index (χ3n) is 5.41. The Labute approximate surface area is 171 Å². The molecule has 0 unspecified atom stereocenters. The number of ether oxygens (including phenoxy) is 1. The molecule has 7 nitrogen and oxygen atoms in total. The van der Waals surface area contributed by atoms with Crippen molar-refractivity contribution in [2.24, 2.45) is 0 Å². The predicted octanol–water partition coefficient (Wildman–Crippen LogP) is 3.01. The molecule has 0 bridgehead atoms. The lowest BCUT2D eigenvalue weighted by Crippen LogP contribution is -2.38. The summed E-state index contributed by atoms with van der Waals surface area (Å²) in [5.74, 6) is 0.711. The van der Waals surface area contributed by atoms with Crippen molar-refractivity contribution in [3.05, 3.63) is 41.5 Å². The van der Waals surface area contributed by atoms with E-state index in [4.69, 9.17) is 10.5 Å². The zero-order valence-electron chi connectivity index (χ0n) is 17.0. The van der Waals surface area contributed by atoms with Gasteiger partial charge in [-0.05, 0) is 37.1 Å². The Morgan fingerprint density at radius 2 is 2.00 bits per heavy atom. The summed E-state index contributed by atoms with van der Waals surface area (Å²) in [4.78, 5) is 21.0. The van der Waals surface area contributed by atoms with Crippen LogP contribution in [0.3, 0.4) is 0 Å². The number of nitrogens with zero attached hydrogens (tertiary/aromatic N) is 3. The first-order chi connectivity index (χ1) is 14.1. The monoisotopic (exact) mass is 395 g/mol. The maximum absolute atomic E-state index is 12.3. The summed E-state index contributed by atoms with van der Waals surface area (Å²) in [6.07, 6.45) is 3.30. The minimum atomic E-state index is -0.0811. The minimum Gasteiger partial charge on any atom is -0.478 e.